The fraction of sp³-hybridized carbons (Fsp3) is 0.333. The number of anilines is 1. The van der Waals surface area contributed by atoms with Gasteiger partial charge < -0.3 is 9.80 Å². The number of rotatable bonds is 4. The fourth-order valence-electron chi connectivity index (χ4n) is 2.78. The second-order valence-electron chi connectivity index (χ2n) is 5.65. The number of aliphatic imine (C=N–C) groups is 1. The largest absolute Gasteiger partial charge is 0.360 e. The number of likely N-dealkylation sites (N-methyl/N-ethyl adjacent to an activating group) is 1. The van der Waals surface area contributed by atoms with Gasteiger partial charge in [-0.15, -0.1) is 0 Å². The third-order valence-electron chi connectivity index (χ3n) is 4.25. The first-order valence-corrected chi connectivity index (χ1v) is 7.98. The first-order chi connectivity index (χ1) is 10.8. The van der Waals surface area contributed by atoms with Crippen LogP contribution in [0.3, 0.4) is 0 Å². The van der Waals surface area contributed by atoms with Gasteiger partial charge in [-0.05, 0) is 48.9 Å². The Morgan fingerprint density at radius 1 is 1.09 bits per heavy atom. The third kappa shape index (κ3) is 3.71. The average Bonchev–Trinajstić information content (AvgIpc) is 2.61. The molecular weight excluding hydrogens is 272 g/mol. The van der Waals surface area contributed by atoms with Crippen LogP contribution in [0.1, 0.15) is 12.5 Å². The smallest absolute Gasteiger partial charge is 0.0949 e. The van der Waals surface area contributed by atoms with Crippen LogP contribution in [-0.4, -0.2) is 43.9 Å². The number of pyridine rings is 1. The topological polar surface area (TPSA) is 32.9 Å². The van der Waals surface area contributed by atoms with Crippen molar-refractivity contribution < 1.29 is 4.90 Å². The van der Waals surface area contributed by atoms with Gasteiger partial charge in [0.05, 0.1) is 38.4 Å². The van der Waals surface area contributed by atoms with E-state index in [2.05, 4.69) is 46.1 Å². The van der Waals surface area contributed by atoms with Crippen molar-refractivity contribution in [3.8, 4) is 0 Å². The molecule has 2 aromatic rings. The summed E-state index contributed by atoms with van der Waals surface area (Å²) >= 11 is 0. The van der Waals surface area contributed by atoms with E-state index in [-0.39, 0.29) is 0 Å². The van der Waals surface area contributed by atoms with Crippen molar-refractivity contribution in [2.45, 2.75) is 6.92 Å². The molecule has 0 atom stereocenters. The Hall–Kier alpha value is -2.20. The summed E-state index contributed by atoms with van der Waals surface area (Å²) in [6, 6.07) is 12.4. The lowest BCUT2D eigenvalue weighted by Crippen LogP contribution is -3.14. The summed E-state index contributed by atoms with van der Waals surface area (Å²) < 4.78 is 0. The van der Waals surface area contributed by atoms with Crippen molar-refractivity contribution in [3.63, 3.8) is 0 Å². The number of piperazine rings is 1. The minimum atomic E-state index is 0.985. The zero-order chi connectivity index (χ0) is 15.2. The molecule has 4 heteroatoms. The van der Waals surface area contributed by atoms with Crippen LogP contribution >= 0.6 is 0 Å². The van der Waals surface area contributed by atoms with Crippen LogP contribution in [0.25, 0.3) is 0 Å². The fourth-order valence-corrected chi connectivity index (χ4v) is 2.78. The highest BCUT2D eigenvalue weighted by Gasteiger charge is 2.18. The van der Waals surface area contributed by atoms with Gasteiger partial charge in [-0.3, -0.25) is 9.98 Å². The second kappa shape index (κ2) is 7.18. The molecule has 1 saturated heterocycles. The predicted molar refractivity (Wildman–Crippen MR) is 91.4 cm³/mol. The second-order valence-corrected chi connectivity index (χ2v) is 5.65. The van der Waals surface area contributed by atoms with Crippen LogP contribution in [0.5, 0.6) is 0 Å². The van der Waals surface area contributed by atoms with E-state index in [1.807, 2.05) is 18.3 Å². The van der Waals surface area contributed by atoms with Crippen molar-refractivity contribution in [1.29, 1.82) is 0 Å². The van der Waals surface area contributed by atoms with Crippen LogP contribution in [0, 0.1) is 0 Å². The quantitative estimate of drug-likeness (QED) is 0.868. The molecule has 0 amide bonds. The Labute approximate surface area is 132 Å². The van der Waals surface area contributed by atoms with Crippen LogP contribution in [-0.2, 0) is 0 Å². The summed E-state index contributed by atoms with van der Waals surface area (Å²) in [6.45, 7) is 8.25. The van der Waals surface area contributed by atoms with Gasteiger partial charge in [0.1, 0.15) is 0 Å². The van der Waals surface area contributed by atoms with Crippen LogP contribution < -0.4 is 9.80 Å². The summed E-state index contributed by atoms with van der Waals surface area (Å²) in [5.41, 5.74) is 3.36. The van der Waals surface area contributed by atoms with E-state index >= 15 is 0 Å². The number of hydrogen-bond acceptors (Lipinski definition) is 3. The average molecular weight is 295 g/mol. The van der Waals surface area contributed by atoms with Crippen molar-refractivity contribution in [2.24, 2.45) is 4.99 Å². The molecule has 0 aliphatic carbocycles. The number of aromatic nitrogens is 1. The van der Waals surface area contributed by atoms with E-state index in [0.717, 1.165) is 24.3 Å². The highest BCUT2D eigenvalue weighted by molar-refractivity contribution is 5.81. The minimum absolute atomic E-state index is 0.985. The van der Waals surface area contributed by atoms with Gasteiger partial charge >= 0.3 is 0 Å². The van der Waals surface area contributed by atoms with Gasteiger partial charge in [0.25, 0.3) is 0 Å². The molecule has 22 heavy (non-hydrogen) atoms. The molecule has 0 bridgehead atoms. The van der Waals surface area contributed by atoms with Gasteiger partial charge in [0, 0.05) is 24.3 Å². The monoisotopic (exact) mass is 295 g/mol. The Kier molecular flexibility index (Phi) is 4.81. The first kappa shape index (κ1) is 14.7. The molecule has 0 unspecified atom stereocenters. The highest BCUT2D eigenvalue weighted by atomic mass is 15.3. The molecule has 2 heterocycles. The Balaban J connectivity index is 1.62. The van der Waals surface area contributed by atoms with Gasteiger partial charge in [-0.25, -0.2) is 0 Å². The molecule has 1 aromatic heterocycles. The summed E-state index contributed by atoms with van der Waals surface area (Å²) in [7, 11) is 0. The van der Waals surface area contributed by atoms with Crippen molar-refractivity contribution >= 4 is 17.6 Å². The normalized spacial score (nSPS) is 16.3. The molecule has 1 aromatic carbocycles. The lowest BCUT2D eigenvalue weighted by atomic mass is 10.2. The van der Waals surface area contributed by atoms with Crippen molar-refractivity contribution in [3.05, 3.63) is 54.4 Å². The maximum absolute atomic E-state index is 4.51. The van der Waals surface area contributed by atoms with E-state index in [1.165, 1.54) is 25.3 Å². The zero-order valence-corrected chi connectivity index (χ0v) is 13.1. The molecular formula is C18H23N4+. The predicted octanol–water partition coefficient (Wildman–Crippen LogP) is 1.56. The van der Waals surface area contributed by atoms with E-state index in [4.69, 9.17) is 0 Å². The lowest BCUT2D eigenvalue weighted by molar-refractivity contribution is -0.898. The van der Waals surface area contributed by atoms with Gasteiger partial charge in [0.15, 0.2) is 0 Å². The molecule has 1 aliphatic rings. The molecule has 1 aliphatic heterocycles. The van der Waals surface area contributed by atoms with Gasteiger partial charge in [0.2, 0.25) is 0 Å². The number of nitrogens with zero attached hydrogens (tertiary/aromatic N) is 3. The molecule has 3 rings (SSSR count). The Bertz CT molecular complexity index is 599. The van der Waals surface area contributed by atoms with E-state index in [1.54, 1.807) is 17.3 Å². The van der Waals surface area contributed by atoms with Gasteiger partial charge in [-0.2, -0.15) is 0 Å². The third-order valence-corrected chi connectivity index (χ3v) is 4.25. The number of hydrogen-bond donors (Lipinski definition) is 1. The standard InChI is InChI=1S/C18H22N4/c1-2-21-11-13-22(14-12-21)18-5-3-17(4-6-18)20-15-16-7-9-19-10-8-16/h3-10,15H,2,11-14H2,1H3/p+1. The summed E-state index contributed by atoms with van der Waals surface area (Å²) in [4.78, 5) is 12.7. The Morgan fingerprint density at radius 2 is 1.77 bits per heavy atom. The molecule has 1 fully saturated rings. The molecule has 1 N–H and O–H groups in total. The highest BCUT2D eigenvalue weighted by Crippen LogP contribution is 2.19. The maximum atomic E-state index is 4.51. The molecule has 0 spiro atoms. The lowest BCUT2D eigenvalue weighted by Gasteiger charge is -2.33. The summed E-state index contributed by atoms with van der Waals surface area (Å²) in [5, 5.41) is 0. The van der Waals surface area contributed by atoms with Crippen LogP contribution in [0.4, 0.5) is 11.4 Å². The number of quaternary nitrogens is 1. The number of nitrogens with one attached hydrogen (secondary N) is 1. The molecule has 4 nitrogen and oxygen atoms in total. The number of benzene rings is 1. The SMILES string of the molecule is CC[NH+]1CCN(c2ccc(N=Cc3ccncc3)cc2)CC1. The van der Waals surface area contributed by atoms with Crippen LogP contribution in [0.2, 0.25) is 0 Å². The van der Waals surface area contributed by atoms with E-state index in [0.29, 0.717) is 0 Å². The molecule has 0 radical (unpaired) electrons. The molecule has 114 valence electrons. The Morgan fingerprint density at radius 3 is 2.41 bits per heavy atom. The maximum Gasteiger partial charge on any atom is 0.0949 e. The van der Waals surface area contributed by atoms with Crippen molar-refractivity contribution in [2.75, 3.05) is 37.6 Å². The van der Waals surface area contributed by atoms with E-state index < -0.39 is 0 Å². The van der Waals surface area contributed by atoms with Crippen LogP contribution in [0.15, 0.2) is 53.8 Å². The molecule has 0 saturated carbocycles. The van der Waals surface area contributed by atoms with E-state index in [9.17, 15) is 0 Å². The summed E-state index contributed by atoms with van der Waals surface area (Å²) in [5.74, 6) is 0. The first-order valence-electron chi connectivity index (χ1n) is 7.98. The van der Waals surface area contributed by atoms with Crippen molar-refractivity contribution in [1.82, 2.24) is 4.98 Å². The zero-order valence-electron chi connectivity index (χ0n) is 13.1. The van der Waals surface area contributed by atoms with Gasteiger partial charge in [-0.1, -0.05) is 0 Å². The summed E-state index contributed by atoms with van der Waals surface area (Å²) in [6.07, 6.45) is 5.44. The minimum Gasteiger partial charge on any atom is -0.360 e.